The van der Waals surface area contributed by atoms with Crippen LogP contribution in [0.4, 0.5) is 10.1 Å². The zero-order valence-electron chi connectivity index (χ0n) is 9.44. The molecule has 1 atom stereocenters. The molecule has 1 heterocycles. The molecule has 1 amide bonds. The number of hydrogen-bond donors (Lipinski definition) is 1. The van der Waals surface area contributed by atoms with Gasteiger partial charge >= 0.3 is 0 Å². The van der Waals surface area contributed by atoms with Crippen molar-refractivity contribution in [3.8, 4) is 0 Å². The fraction of sp³-hybridized carbons (Fsp3) is 0.333. The van der Waals surface area contributed by atoms with E-state index in [1.165, 1.54) is 6.92 Å². The van der Waals surface area contributed by atoms with Crippen LogP contribution in [0.5, 0.6) is 0 Å². The minimum Gasteiger partial charge on any atom is -0.469 e. The minimum absolute atomic E-state index is 0.168. The number of alkyl halides is 1. The van der Waals surface area contributed by atoms with Crippen LogP contribution in [0.15, 0.2) is 29.3 Å². The van der Waals surface area contributed by atoms with Gasteiger partial charge in [-0.3, -0.25) is 4.79 Å². The Labute approximate surface area is 98.5 Å². The number of nitrogens with zero attached hydrogens (tertiary/aromatic N) is 1. The zero-order valence-corrected chi connectivity index (χ0v) is 9.44. The molecule has 0 saturated carbocycles. The summed E-state index contributed by atoms with van der Waals surface area (Å²) < 4.78 is 17.8. The van der Waals surface area contributed by atoms with Crippen molar-refractivity contribution in [2.75, 3.05) is 18.5 Å². The Kier molecular flexibility index (Phi) is 3.37. The lowest BCUT2D eigenvalue weighted by atomic mass is 10.1. The van der Waals surface area contributed by atoms with Gasteiger partial charge < -0.3 is 10.1 Å². The van der Waals surface area contributed by atoms with Crippen molar-refractivity contribution in [1.29, 1.82) is 0 Å². The molecule has 1 aromatic carbocycles. The third kappa shape index (κ3) is 2.61. The number of halogens is 1. The maximum Gasteiger partial charge on any atom is 0.221 e. The first-order valence-corrected chi connectivity index (χ1v) is 5.34. The minimum atomic E-state index is -0.560. The normalized spacial score (nSPS) is 18.5. The van der Waals surface area contributed by atoms with Gasteiger partial charge in [0.15, 0.2) is 0 Å². The highest BCUT2D eigenvalue weighted by atomic mass is 19.1. The SMILES string of the molecule is CC(=O)Nc1ccccc1C1=NCC(CF)O1. The van der Waals surface area contributed by atoms with Crippen molar-refractivity contribution in [3.63, 3.8) is 0 Å². The Hall–Kier alpha value is -1.91. The number of carbonyl (C=O) groups excluding carboxylic acids is 1. The molecule has 4 nitrogen and oxygen atoms in total. The maximum absolute atomic E-state index is 12.4. The van der Waals surface area contributed by atoms with Crippen molar-refractivity contribution < 1.29 is 13.9 Å². The van der Waals surface area contributed by atoms with Crippen LogP contribution in [0.2, 0.25) is 0 Å². The first-order chi connectivity index (χ1) is 8.20. The Morgan fingerprint density at radius 2 is 2.35 bits per heavy atom. The van der Waals surface area contributed by atoms with Gasteiger partial charge in [0.1, 0.15) is 12.8 Å². The first kappa shape index (κ1) is 11.6. The van der Waals surface area contributed by atoms with E-state index >= 15 is 0 Å². The second-order valence-electron chi connectivity index (χ2n) is 3.77. The zero-order chi connectivity index (χ0) is 12.3. The van der Waals surface area contributed by atoms with Crippen molar-refractivity contribution in [3.05, 3.63) is 29.8 Å². The third-order valence-corrected chi connectivity index (χ3v) is 2.36. The molecule has 90 valence electrons. The summed E-state index contributed by atoms with van der Waals surface area (Å²) in [6, 6.07) is 7.16. The lowest BCUT2D eigenvalue weighted by Crippen LogP contribution is -2.17. The van der Waals surface area contributed by atoms with Crippen LogP contribution in [0.1, 0.15) is 12.5 Å². The van der Waals surface area contributed by atoms with Crippen LogP contribution in [0.3, 0.4) is 0 Å². The second-order valence-corrected chi connectivity index (χ2v) is 3.77. The number of ether oxygens (including phenoxy) is 1. The van der Waals surface area contributed by atoms with Gasteiger partial charge in [-0.1, -0.05) is 12.1 Å². The van der Waals surface area contributed by atoms with Crippen LogP contribution in [-0.2, 0) is 9.53 Å². The van der Waals surface area contributed by atoms with Gasteiger partial charge in [0.2, 0.25) is 11.8 Å². The number of nitrogens with one attached hydrogen (secondary N) is 1. The van der Waals surface area contributed by atoms with Gasteiger partial charge in [-0.2, -0.15) is 0 Å². The van der Waals surface area contributed by atoms with Crippen molar-refractivity contribution >= 4 is 17.5 Å². The Bertz CT molecular complexity index is 460. The second kappa shape index (κ2) is 4.95. The van der Waals surface area contributed by atoms with Crippen LogP contribution in [0, 0.1) is 0 Å². The van der Waals surface area contributed by atoms with E-state index < -0.39 is 12.8 Å². The number of benzene rings is 1. The summed E-state index contributed by atoms with van der Waals surface area (Å²) in [4.78, 5) is 15.2. The van der Waals surface area contributed by atoms with Gasteiger partial charge in [0.05, 0.1) is 17.8 Å². The lowest BCUT2D eigenvalue weighted by molar-refractivity contribution is -0.114. The number of amides is 1. The number of aliphatic imine (C=N–C) groups is 1. The molecule has 1 unspecified atom stereocenters. The van der Waals surface area contributed by atoms with Crippen molar-refractivity contribution in [2.45, 2.75) is 13.0 Å². The molecule has 0 saturated heterocycles. The van der Waals surface area contributed by atoms with Crippen LogP contribution in [0.25, 0.3) is 0 Å². The van der Waals surface area contributed by atoms with Crippen LogP contribution < -0.4 is 5.32 Å². The van der Waals surface area contributed by atoms with Gasteiger partial charge in [-0.05, 0) is 12.1 Å². The summed E-state index contributed by atoms with van der Waals surface area (Å²) in [6.07, 6.45) is -0.504. The highest BCUT2D eigenvalue weighted by Gasteiger charge is 2.22. The monoisotopic (exact) mass is 236 g/mol. The van der Waals surface area contributed by atoms with E-state index in [0.29, 0.717) is 23.7 Å². The van der Waals surface area contributed by atoms with E-state index in [0.717, 1.165) is 0 Å². The predicted octanol–water partition coefficient (Wildman–Crippen LogP) is 1.76. The molecule has 0 aliphatic carbocycles. The van der Waals surface area contributed by atoms with Gasteiger partial charge in [0, 0.05) is 6.92 Å². The Morgan fingerprint density at radius 3 is 3.00 bits per heavy atom. The largest absolute Gasteiger partial charge is 0.469 e. The maximum atomic E-state index is 12.4. The summed E-state index contributed by atoms with van der Waals surface area (Å²) in [5.74, 6) is 0.218. The van der Waals surface area contributed by atoms with Gasteiger partial charge in [-0.15, -0.1) is 0 Å². The van der Waals surface area contributed by atoms with E-state index in [-0.39, 0.29) is 5.91 Å². The highest BCUT2D eigenvalue weighted by Crippen LogP contribution is 2.20. The van der Waals surface area contributed by atoms with E-state index in [2.05, 4.69) is 10.3 Å². The van der Waals surface area contributed by atoms with E-state index in [1.54, 1.807) is 18.2 Å². The molecule has 0 radical (unpaired) electrons. The summed E-state index contributed by atoms with van der Waals surface area (Å²) in [5, 5.41) is 2.69. The number of rotatable bonds is 3. The molecule has 1 aliphatic heterocycles. The fourth-order valence-corrected chi connectivity index (χ4v) is 1.61. The molecule has 1 N–H and O–H groups in total. The number of carbonyl (C=O) groups is 1. The number of hydrogen-bond acceptors (Lipinski definition) is 3. The molecule has 0 spiro atoms. The molecule has 17 heavy (non-hydrogen) atoms. The van der Waals surface area contributed by atoms with E-state index in [9.17, 15) is 9.18 Å². The molecule has 5 heteroatoms. The van der Waals surface area contributed by atoms with E-state index in [1.807, 2.05) is 6.07 Å². The molecule has 1 aliphatic rings. The Balaban J connectivity index is 2.24. The summed E-state index contributed by atoms with van der Waals surface area (Å²) in [6.45, 7) is 1.19. The topological polar surface area (TPSA) is 50.7 Å². The molecule has 0 aromatic heterocycles. The molecular formula is C12H13FN2O2. The standard InChI is InChI=1S/C12H13FN2O2/c1-8(16)15-11-5-3-2-4-10(11)12-14-7-9(6-13)17-12/h2-5,9H,6-7H2,1H3,(H,15,16). The first-order valence-electron chi connectivity index (χ1n) is 5.34. The molecule has 0 fully saturated rings. The van der Waals surface area contributed by atoms with Gasteiger partial charge in [-0.25, -0.2) is 9.38 Å². The summed E-state index contributed by atoms with van der Waals surface area (Å²) >= 11 is 0. The molecule has 0 bridgehead atoms. The molecule has 2 rings (SSSR count). The average molecular weight is 236 g/mol. The Morgan fingerprint density at radius 1 is 1.59 bits per heavy atom. The predicted molar refractivity (Wildman–Crippen MR) is 63.0 cm³/mol. The highest BCUT2D eigenvalue weighted by molar-refractivity contribution is 6.03. The molecule has 1 aromatic rings. The smallest absolute Gasteiger partial charge is 0.221 e. The lowest BCUT2D eigenvalue weighted by Gasteiger charge is -2.11. The molecular weight excluding hydrogens is 223 g/mol. The van der Waals surface area contributed by atoms with Gasteiger partial charge in [0.25, 0.3) is 0 Å². The number of para-hydroxylation sites is 1. The van der Waals surface area contributed by atoms with E-state index in [4.69, 9.17) is 4.74 Å². The van der Waals surface area contributed by atoms with Crippen LogP contribution >= 0.6 is 0 Å². The van der Waals surface area contributed by atoms with Crippen molar-refractivity contribution in [1.82, 2.24) is 0 Å². The fourth-order valence-electron chi connectivity index (χ4n) is 1.61. The summed E-state index contributed by atoms with van der Waals surface area (Å²) in [5.41, 5.74) is 1.30. The number of anilines is 1. The quantitative estimate of drug-likeness (QED) is 0.869. The van der Waals surface area contributed by atoms with Crippen LogP contribution in [-0.4, -0.2) is 31.1 Å². The third-order valence-electron chi connectivity index (χ3n) is 2.36. The average Bonchev–Trinajstić information content (AvgIpc) is 2.77. The summed E-state index contributed by atoms with van der Waals surface area (Å²) in [7, 11) is 0. The van der Waals surface area contributed by atoms with Crippen molar-refractivity contribution in [2.24, 2.45) is 4.99 Å².